The second-order valence-electron chi connectivity index (χ2n) is 6.74. The van der Waals surface area contributed by atoms with Gasteiger partial charge in [0.2, 0.25) is 5.91 Å². The molecule has 0 aliphatic heterocycles. The zero-order chi connectivity index (χ0) is 20.4. The molecule has 1 aromatic heterocycles. The van der Waals surface area contributed by atoms with Gasteiger partial charge in [-0.2, -0.15) is 0 Å². The molecule has 0 fully saturated rings. The second-order valence-corrected chi connectivity index (χ2v) is 6.74. The molecule has 0 atom stereocenters. The van der Waals surface area contributed by atoms with Crippen molar-refractivity contribution in [3.8, 4) is 5.69 Å². The Morgan fingerprint density at radius 1 is 1.29 bits per heavy atom. The maximum absolute atomic E-state index is 13.4. The third-order valence-electron chi connectivity index (χ3n) is 4.44. The van der Waals surface area contributed by atoms with Crippen LogP contribution in [-0.4, -0.2) is 37.9 Å². The summed E-state index contributed by atoms with van der Waals surface area (Å²) in [7, 11) is 0. The van der Waals surface area contributed by atoms with Crippen LogP contribution in [0.4, 0.5) is 10.1 Å². The van der Waals surface area contributed by atoms with E-state index >= 15 is 0 Å². The summed E-state index contributed by atoms with van der Waals surface area (Å²) >= 11 is 0. The Labute approximate surface area is 160 Å². The quantitative estimate of drug-likeness (QED) is 0.497. The van der Waals surface area contributed by atoms with E-state index in [1.54, 1.807) is 22.8 Å². The van der Waals surface area contributed by atoms with E-state index in [9.17, 15) is 19.3 Å². The van der Waals surface area contributed by atoms with Crippen LogP contribution < -0.4 is 5.73 Å². The first-order valence-electron chi connectivity index (χ1n) is 8.70. The van der Waals surface area contributed by atoms with Crippen LogP contribution >= 0.6 is 0 Å². The first kappa shape index (κ1) is 19.4. The Kier molecular flexibility index (Phi) is 5.36. The van der Waals surface area contributed by atoms with Crippen molar-refractivity contribution >= 4 is 22.6 Å². The standard InChI is InChI=1S/C19H20FN5O3/c1-12(2)23(10-18(21)26)11-19-22-16-9-15(25(27)28)7-8-17(16)24(19)14-5-3-13(20)4-6-14/h3-9,12H,10-11H2,1-2H3,(H2,21,26). The Morgan fingerprint density at radius 3 is 2.54 bits per heavy atom. The van der Waals surface area contributed by atoms with Gasteiger partial charge >= 0.3 is 0 Å². The highest BCUT2D eigenvalue weighted by molar-refractivity contribution is 5.81. The molecule has 2 N–H and O–H groups in total. The Morgan fingerprint density at radius 2 is 1.96 bits per heavy atom. The summed E-state index contributed by atoms with van der Waals surface area (Å²) in [6, 6.07) is 10.3. The molecule has 0 saturated heterocycles. The van der Waals surface area contributed by atoms with E-state index in [0.29, 0.717) is 29.1 Å². The van der Waals surface area contributed by atoms with Gasteiger partial charge in [0.1, 0.15) is 11.6 Å². The van der Waals surface area contributed by atoms with Crippen molar-refractivity contribution in [2.45, 2.75) is 26.4 Å². The summed E-state index contributed by atoms with van der Waals surface area (Å²) in [5.74, 6) is -0.270. The molecule has 0 saturated carbocycles. The van der Waals surface area contributed by atoms with Crippen LogP contribution in [0.3, 0.4) is 0 Å². The van der Waals surface area contributed by atoms with E-state index in [0.717, 1.165) is 0 Å². The van der Waals surface area contributed by atoms with Gasteiger partial charge in [0, 0.05) is 23.9 Å². The number of amides is 1. The number of carbonyl (C=O) groups is 1. The van der Waals surface area contributed by atoms with Crippen molar-refractivity contribution in [1.29, 1.82) is 0 Å². The molecule has 0 aliphatic rings. The maximum Gasteiger partial charge on any atom is 0.271 e. The van der Waals surface area contributed by atoms with E-state index < -0.39 is 10.8 Å². The molecule has 3 rings (SSSR count). The molecular weight excluding hydrogens is 365 g/mol. The van der Waals surface area contributed by atoms with Crippen LogP contribution in [-0.2, 0) is 11.3 Å². The van der Waals surface area contributed by atoms with E-state index in [4.69, 9.17) is 5.73 Å². The molecule has 0 spiro atoms. The molecule has 8 nitrogen and oxygen atoms in total. The average Bonchev–Trinajstić information content (AvgIpc) is 2.98. The number of hydrogen-bond donors (Lipinski definition) is 1. The van der Waals surface area contributed by atoms with Crippen LogP contribution in [0.15, 0.2) is 42.5 Å². The predicted molar refractivity (Wildman–Crippen MR) is 102 cm³/mol. The number of non-ortho nitro benzene ring substituents is 1. The lowest BCUT2D eigenvalue weighted by molar-refractivity contribution is -0.384. The van der Waals surface area contributed by atoms with Gasteiger partial charge < -0.3 is 5.73 Å². The number of nitro benzene ring substituents is 1. The normalized spacial score (nSPS) is 11.5. The molecule has 146 valence electrons. The van der Waals surface area contributed by atoms with Crippen molar-refractivity contribution in [1.82, 2.24) is 14.5 Å². The van der Waals surface area contributed by atoms with Gasteiger partial charge in [0.25, 0.3) is 5.69 Å². The van der Waals surface area contributed by atoms with Crippen molar-refractivity contribution in [3.63, 3.8) is 0 Å². The number of imidazole rings is 1. The Balaban J connectivity index is 2.15. The van der Waals surface area contributed by atoms with Gasteiger partial charge in [-0.15, -0.1) is 0 Å². The van der Waals surface area contributed by atoms with Gasteiger partial charge in [0.15, 0.2) is 0 Å². The number of halogens is 1. The van der Waals surface area contributed by atoms with Crippen LogP contribution in [0.2, 0.25) is 0 Å². The number of carbonyl (C=O) groups excluding carboxylic acids is 1. The van der Waals surface area contributed by atoms with Gasteiger partial charge in [-0.25, -0.2) is 9.37 Å². The summed E-state index contributed by atoms with van der Waals surface area (Å²) in [5, 5.41) is 11.1. The van der Waals surface area contributed by atoms with Gasteiger partial charge in [0.05, 0.1) is 29.0 Å². The van der Waals surface area contributed by atoms with Crippen molar-refractivity contribution in [3.05, 3.63) is 64.2 Å². The molecule has 3 aromatic rings. The summed E-state index contributed by atoms with van der Waals surface area (Å²) in [6.07, 6.45) is 0. The number of hydrogen-bond acceptors (Lipinski definition) is 5. The fraction of sp³-hybridized carbons (Fsp3) is 0.263. The van der Waals surface area contributed by atoms with E-state index in [1.807, 2.05) is 18.7 Å². The van der Waals surface area contributed by atoms with Crippen molar-refractivity contribution in [2.75, 3.05) is 6.54 Å². The smallest absolute Gasteiger partial charge is 0.271 e. The minimum atomic E-state index is -0.483. The number of rotatable bonds is 7. The number of primary amides is 1. The highest BCUT2D eigenvalue weighted by atomic mass is 19.1. The minimum Gasteiger partial charge on any atom is -0.369 e. The summed E-state index contributed by atoms with van der Waals surface area (Å²) in [5.41, 5.74) is 7.04. The predicted octanol–water partition coefficient (Wildman–Crippen LogP) is 2.77. The monoisotopic (exact) mass is 385 g/mol. The number of nitro groups is 1. The summed E-state index contributed by atoms with van der Waals surface area (Å²) in [4.78, 5) is 28.4. The maximum atomic E-state index is 13.4. The Bertz CT molecular complexity index is 1030. The highest BCUT2D eigenvalue weighted by Crippen LogP contribution is 2.26. The van der Waals surface area contributed by atoms with Gasteiger partial charge in [-0.05, 0) is 44.2 Å². The Hall–Kier alpha value is -3.33. The van der Waals surface area contributed by atoms with Crippen LogP contribution in [0.1, 0.15) is 19.7 Å². The fourth-order valence-electron chi connectivity index (χ4n) is 3.02. The number of nitrogens with zero attached hydrogens (tertiary/aromatic N) is 4. The zero-order valence-corrected chi connectivity index (χ0v) is 15.5. The highest BCUT2D eigenvalue weighted by Gasteiger charge is 2.20. The van der Waals surface area contributed by atoms with Crippen molar-refractivity contribution < 1.29 is 14.1 Å². The number of fused-ring (bicyclic) bond motifs is 1. The SMILES string of the molecule is CC(C)N(CC(N)=O)Cc1nc2cc([N+](=O)[O-])ccc2n1-c1ccc(F)cc1. The average molecular weight is 385 g/mol. The van der Waals surface area contributed by atoms with Crippen LogP contribution in [0.25, 0.3) is 16.7 Å². The van der Waals surface area contributed by atoms with Crippen LogP contribution in [0.5, 0.6) is 0 Å². The topological polar surface area (TPSA) is 107 Å². The van der Waals surface area contributed by atoms with E-state index in [2.05, 4.69) is 4.98 Å². The van der Waals surface area contributed by atoms with Crippen LogP contribution in [0, 0.1) is 15.9 Å². The lowest BCUT2D eigenvalue weighted by Crippen LogP contribution is -2.38. The molecule has 1 amide bonds. The molecule has 0 bridgehead atoms. The third-order valence-corrected chi connectivity index (χ3v) is 4.44. The lowest BCUT2D eigenvalue weighted by atomic mass is 10.2. The molecule has 28 heavy (non-hydrogen) atoms. The van der Waals surface area contributed by atoms with Gasteiger partial charge in [-0.1, -0.05) is 0 Å². The van der Waals surface area contributed by atoms with E-state index in [-0.39, 0.29) is 24.1 Å². The number of aromatic nitrogens is 2. The second kappa shape index (κ2) is 7.73. The molecule has 0 unspecified atom stereocenters. The molecule has 0 radical (unpaired) electrons. The zero-order valence-electron chi connectivity index (χ0n) is 15.5. The third kappa shape index (κ3) is 3.99. The lowest BCUT2D eigenvalue weighted by Gasteiger charge is -2.25. The number of benzene rings is 2. The summed E-state index contributed by atoms with van der Waals surface area (Å²) in [6.45, 7) is 4.20. The van der Waals surface area contributed by atoms with Crippen molar-refractivity contribution in [2.24, 2.45) is 5.73 Å². The molecule has 1 heterocycles. The van der Waals surface area contributed by atoms with E-state index in [1.165, 1.54) is 24.3 Å². The van der Waals surface area contributed by atoms with Gasteiger partial charge in [-0.3, -0.25) is 24.4 Å². The molecule has 9 heteroatoms. The number of nitrogens with two attached hydrogens (primary N) is 1. The first-order chi connectivity index (χ1) is 13.3. The first-order valence-corrected chi connectivity index (χ1v) is 8.70. The molecule has 2 aromatic carbocycles. The largest absolute Gasteiger partial charge is 0.369 e. The molecular formula is C19H20FN5O3. The fourth-order valence-corrected chi connectivity index (χ4v) is 3.02. The minimum absolute atomic E-state index is 0.0170. The summed E-state index contributed by atoms with van der Waals surface area (Å²) < 4.78 is 15.2. The molecule has 0 aliphatic carbocycles.